The average Bonchev–Trinajstić information content (AvgIpc) is 3.27. The van der Waals surface area contributed by atoms with Crippen LogP contribution in [-0.2, 0) is 6.54 Å². The minimum absolute atomic E-state index is 0.0899. The van der Waals surface area contributed by atoms with Crippen LogP contribution in [0.25, 0.3) is 21.3 Å². The molecular weight excluding hydrogens is 410 g/mol. The molecule has 0 aliphatic heterocycles. The van der Waals surface area contributed by atoms with Crippen molar-refractivity contribution in [3.8, 4) is 21.9 Å². The van der Waals surface area contributed by atoms with E-state index in [-0.39, 0.29) is 5.78 Å². The number of anilines is 1. The number of nitrogens with zero attached hydrogens (tertiary/aromatic N) is 2. The second kappa shape index (κ2) is 8.73. The number of nitrogens with one attached hydrogen (secondary N) is 1. The first-order chi connectivity index (χ1) is 15.0. The molecule has 0 aliphatic carbocycles. The largest absolute Gasteiger partial charge is 0.493 e. The van der Waals surface area contributed by atoms with Crippen LogP contribution in [0.5, 0.6) is 11.5 Å². The maximum atomic E-state index is 11.6. The number of carbonyl (C=O) groups is 1. The summed E-state index contributed by atoms with van der Waals surface area (Å²) in [4.78, 5) is 22.6. The number of rotatable bonds is 7. The number of benzene rings is 2. The van der Waals surface area contributed by atoms with Crippen molar-refractivity contribution in [3.05, 3.63) is 64.8 Å². The van der Waals surface area contributed by atoms with Gasteiger partial charge in [0, 0.05) is 22.9 Å². The van der Waals surface area contributed by atoms with Crippen molar-refractivity contribution in [1.82, 2.24) is 9.97 Å². The topological polar surface area (TPSA) is 73.3 Å². The minimum Gasteiger partial charge on any atom is -0.493 e. The summed E-state index contributed by atoms with van der Waals surface area (Å²) in [6, 6.07) is 15.9. The van der Waals surface area contributed by atoms with Crippen LogP contribution in [0.4, 0.5) is 5.82 Å². The zero-order chi connectivity index (χ0) is 22.0. The molecule has 0 radical (unpaired) electrons. The molecule has 0 atom stereocenters. The molecule has 2 aromatic heterocycles. The lowest BCUT2D eigenvalue weighted by Gasteiger charge is -2.13. The molecule has 0 amide bonds. The van der Waals surface area contributed by atoms with E-state index in [1.807, 2.05) is 37.3 Å². The zero-order valence-corrected chi connectivity index (χ0v) is 18.7. The monoisotopic (exact) mass is 433 g/mol. The maximum absolute atomic E-state index is 11.6. The highest BCUT2D eigenvalue weighted by molar-refractivity contribution is 7.17. The van der Waals surface area contributed by atoms with Crippen LogP contribution < -0.4 is 14.8 Å². The summed E-state index contributed by atoms with van der Waals surface area (Å²) in [5.41, 5.74) is 2.99. The van der Waals surface area contributed by atoms with E-state index in [4.69, 9.17) is 9.47 Å². The fourth-order valence-electron chi connectivity index (χ4n) is 3.41. The van der Waals surface area contributed by atoms with Gasteiger partial charge in [-0.05, 0) is 49.2 Å². The second-order valence-corrected chi connectivity index (χ2v) is 8.20. The van der Waals surface area contributed by atoms with E-state index in [1.165, 1.54) is 11.3 Å². The number of fused-ring (bicyclic) bond motifs is 1. The van der Waals surface area contributed by atoms with E-state index in [0.29, 0.717) is 23.9 Å². The molecule has 7 heteroatoms. The van der Waals surface area contributed by atoms with Crippen LogP contribution in [0, 0.1) is 6.92 Å². The van der Waals surface area contributed by atoms with Gasteiger partial charge in [0.1, 0.15) is 11.6 Å². The Balaban J connectivity index is 1.62. The lowest BCUT2D eigenvalue weighted by atomic mass is 10.1. The summed E-state index contributed by atoms with van der Waals surface area (Å²) in [6.07, 6.45) is 0. The zero-order valence-electron chi connectivity index (χ0n) is 17.9. The molecule has 4 aromatic rings. The summed E-state index contributed by atoms with van der Waals surface area (Å²) in [7, 11) is 3.22. The molecule has 0 bridgehead atoms. The molecule has 158 valence electrons. The van der Waals surface area contributed by atoms with Crippen LogP contribution >= 0.6 is 11.3 Å². The number of ether oxygens (including phenoxy) is 2. The van der Waals surface area contributed by atoms with Gasteiger partial charge in [0.05, 0.1) is 24.6 Å². The Morgan fingerprint density at radius 1 is 1.03 bits per heavy atom. The molecule has 0 unspecified atom stereocenters. The highest BCUT2D eigenvalue weighted by Gasteiger charge is 2.12. The van der Waals surface area contributed by atoms with Gasteiger partial charge in [-0.1, -0.05) is 18.2 Å². The van der Waals surface area contributed by atoms with Crippen molar-refractivity contribution in [2.45, 2.75) is 20.4 Å². The summed E-state index contributed by atoms with van der Waals surface area (Å²) >= 11 is 1.51. The number of methoxy groups -OCH3 is 2. The van der Waals surface area contributed by atoms with Gasteiger partial charge in [0.25, 0.3) is 0 Å². The van der Waals surface area contributed by atoms with Crippen molar-refractivity contribution in [1.29, 1.82) is 0 Å². The highest BCUT2D eigenvalue weighted by Crippen LogP contribution is 2.34. The molecule has 0 spiro atoms. The highest BCUT2D eigenvalue weighted by atomic mass is 32.1. The molecule has 31 heavy (non-hydrogen) atoms. The summed E-state index contributed by atoms with van der Waals surface area (Å²) in [5, 5.41) is 4.30. The van der Waals surface area contributed by atoms with Gasteiger partial charge in [-0.15, -0.1) is 11.3 Å². The third kappa shape index (κ3) is 4.36. The lowest BCUT2D eigenvalue weighted by molar-refractivity contribution is 0.102. The standard InChI is InChI=1S/C24H23N3O3S/c1-14(28)22-8-9-23(31-22)17-7-5-6-16(10-17)13-25-24-18-11-20(29-3)21(30-4)12-19(18)26-15(2)27-24/h5-12H,13H2,1-4H3,(H,25,26,27). The third-order valence-electron chi connectivity index (χ3n) is 4.94. The second-order valence-electron chi connectivity index (χ2n) is 7.12. The molecular formula is C24H23N3O3S. The van der Waals surface area contributed by atoms with Gasteiger partial charge < -0.3 is 14.8 Å². The Labute approximate surface area is 184 Å². The molecule has 0 saturated heterocycles. The fourth-order valence-corrected chi connectivity index (χ4v) is 4.31. The SMILES string of the molecule is COc1cc2nc(C)nc(NCc3cccc(-c4ccc(C(C)=O)s4)c3)c2cc1OC. The van der Waals surface area contributed by atoms with Gasteiger partial charge in [-0.3, -0.25) is 4.79 Å². The number of aryl methyl sites for hydroxylation is 1. The maximum Gasteiger partial charge on any atom is 0.169 e. The first kappa shape index (κ1) is 20.8. The van der Waals surface area contributed by atoms with E-state index < -0.39 is 0 Å². The van der Waals surface area contributed by atoms with Crippen molar-refractivity contribution in [3.63, 3.8) is 0 Å². The quantitative estimate of drug-likeness (QED) is 0.388. The van der Waals surface area contributed by atoms with E-state index >= 15 is 0 Å². The molecule has 0 aliphatic rings. The smallest absolute Gasteiger partial charge is 0.169 e. The van der Waals surface area contributed by atoms with Gasteiger partial charge in [0.15, 0.2) is 17.3 Å². The van der Waals surface area contributed by atoms with Crippen LogP contribution in [0.1, 0.15) is 28.0 Å². The molecule has 4 rings (SSSR count). The lowest BCUT2D eigenvalue weighted by Crippen LogP contribution is -2.05. The molecule has 2 aromatic carbocycles. The Bertz CT molecular complexity index is 1270. The Hall–Kier alpha value is -3.45. The van der Waals surface area contributed by atoms with Gasteiger partial charge in [-0.2, -0.15) is 0 Å². The molecule has 1 N–H and O–H groups in total. The van der Waals surface area contributed by atoms with Crippen LogP contribution in [0.2, 0.25) is 0 Å². The molecule has 0 fully saturated rings. The number of hydrogen-bond acceptors (Lipinski definition) is 7. The first-order valence-electron chi connectivity index (χ1n) is 9.83. The number of hydrogen-bond donors (Lipinski definition) is 1. The van der Waals surface area contributed by atoms with Crippen molar-refractivity contribution < 1.29 is 14.3 Å². The first-order valence-corrected chi connectivity index (χ1v) is 10.6. The normalized spacial score (nSPS) is 10.8. The number of carbonyl (C=O) groups excluding carboxylic acids is 1. The van der Waals surface area contributed by atoms with Gasteiger partial charge in [0.2, 0.25) is 0 Å². The van der Waals surface area contributed by atoms with E-state index in [2.05, 4.69) is 33.5 Å². The summed E-state index contributed by atoms with van der Waals surface area (Å²) in [5.74, 6) is 2.77. The third-order valence-corrected chi connectivity index (χ3v) is 6.17. The Morgan fingerprint density at radius 3 is 2.52 bits per heavy atom. The summed E-state index contributed by atoms with van der Waals surface area (Å²) in [6.45, 7) is 4.05. The Kier molecular flexibility index (Phi) is 5.86. The Morgan fingerprint density at radius 2 is 1.81 bits per heavy atom. The number of aromatic nitrogens is 2. The van der Waals surface area contributed by atoms with Crippen LogP contribution in [-0.4, -0.2) is 30.0 Å². The average molecular weight is 434 g/mol. The summed E-state index contributed by atoms with van der Waals surface area (Å²) < 4.78 is 10.8. The fraction of sp³-hybridized carbons (Fsp3) is 0.208. The minimum atomic E-state index is 0.0899. The van der Waals surface area contributed by atoms with E-state index in [1.54, 1.807) is 21.1 Å². The number of Topliss-reactive ketones (excluding diaryl/α,β-unsaturated/α-hetero) is 1. The van der Waals surface area contributed by atoms with Gasteiger partial charge in [-0.25, -0.2) is 9.97 Å². The van der Waals surface area contributed by atoms with Crippen molar-refractivity contribution in [2.75, 3.05) is 19.5 Å². The molecule has 0 saturated carbocycles. The van der Waals surface area contributed by atoms with Crippen molar-refractivity contribution in [2.24, 2.45) is 0 Å². The van der Waals surface area contributed by atoms with E-state index in [9.17, 15) is 4.79 Å². The molecule has 6 nitrogen and oxygen atoms in total. The number of thiophene rings is 1. The predicted molar refractivity (Wildman–Crippen MR) is 124 cm³/mol. The molecule has 2 heterocycles. The van der Waals surface area contributed by atoms with E-state index in [0.717, 1.165) is 37.6 Å². The van der Waals surface area contributed by atoms with Crippen LogP contribution in [0.15, 0.2) is 48.5 Å². The van der Waals surface area contributed by atoms with Crippen molar-refractivity contribution >= 4 is 33.8 Å². The van der Waals surface area contributed by atoms with Gasteiger partial charge >= 0.3 is 0 Å². The predicted octanol–water partition coefficient (Wildman–Crippen LogP) is 5.50. The number of ketones is 1. The van der Waals surface area contributed by atoms with Crippen LogP contribution in [0.3, 0.4) is 0 Å².